The third kappa shape index (κ3) is 6.06. The molecule has 0 radical (unpaired) electrons. The second-order valence-corrected chi connectivity index (χ2v) is 7.48. The largest absolute Gasteiger partial charge is 0.489 e. The Labute approximate surface area is 171 Å². The average molecular weight is 396 g/mol. The van der Waals surface area contributed by atoms with Crippen molar-refractivity contribution in [2.24, 2.45) is 0 Å². The molecule has 0 saturated carbocycles. The average Bonchev–Trinajstić information content (AvgIpc) is 2.99. The van der Waals surface area contributed by atoms with Gasteiger partial charge < -0.3 is 14.7 Å². The van der Waals surface area contributed by atoms with Crippen molar-refractivity contribution in [3.05, 3.63) is 65.7 Å². The molecule has 6 nitrogen and oxygen atoms in total. The Morgan fingerprint density at radius 1 is 1.07 bits per heavy atom. The van der Waals surface area contributed by atoms with Crippen LogP contribution in [0.4, 0.5) is 0 Å². The summed E-state index contributed by atoms with van der Waals surface area (Å²) in [6.07, 6.45) is 2.57. The molecule has 29 heavy (non-hydrogen) atoms. The summed E-state index contributed by atoms with van der Waals surface area (Å²) in [5.74, 6) is 0.0303. The van der Waals surface area contributed by atoms with Crippen LogP contribution in [0.25, 0.3) is 0 Å². The van der Waals surface area contributed by atoms with Gasteiger partial charge in [0.15, 0.2) is 0 Å². The van der Waals surface area contributed by atoms with Crippen LogP contribution in [0.5, 0.6) is 5.75 Å². The minimum absolute atomic E-state index is 0.0297. The van der Waals surface area contributed by atoms with Gasteiger partial charge in [0.05, 0.1) is 6.54 Å². The number of likely N-dealkylation sites (tertiary alicyclic amines) is 1. The second-order valence-electron chi connectivity index (χ2n) is 7.48. The molecule has 0 unspecified atom stereocenters. The summed E-state index contributed by atoms with van der Waals surface area (Å²) in [5.41, 5.74) is 1.68. The molecule has 3 rings (SSSR count). The molecule has 1 amide bonds. The fourth-order valence-corrected chi connectivity index (χ4v) is 3.67. The summed E-state index contributed by atoms with van der Waals surface area (Å²) in [4.78, 5) is 27.6. The first-order valence-corrected chi connectivity index (χ1v) is 10.0. The fourth-order valence-electron chi connectivity index (χ4n) is 3.67. The van der Waals surface area contributed by atoms with Crippen molar-refractivity contribution in [2.75, 3.05) is 26.7 Å². The van der Waals surface area contributed by atoms with Gasteiger partial charge in [-0.15, -0.1) is 0 Å². The highest BCUT2D eigenvalue weighted by molar-refractivity contribution is 5.94. The Morgan fingerprint density at radius 2 is 1.79 bits per heavy atom. The van der Waals surface area contributed by atoms with Gasteiger partial charge in [-0.25, -0.2) is 0 Å². The number of hydrogen-bond acceptors (Lipinski definition) is 4. The number of benzene rings is 2. The Hall–Kier alpha value is -2.86. The molecule has 1 atom stereocenters. The lowest BCUT2D eigenvalue weighted by molar-refractivity contribution is -0.138. The Bertz CT molecular complexity index is 807. The van der Waals surface area contributed by atoms with E-state index >= 15 is 0 Å². The Morgan fingerprint density at radius 3 is 2.48 bits per heavy atom. The van der Waals surface area contributed by atoms with Crippen LogP contribution in [0.3, 0.4) is 0 Å². The molecule has 1 heterocycles. The van der Waals surface area contributed by atoms with Gasteiger partial charge in [-0.1, -0.05) is 30.3 Å². The molecule has 0 spiro atoms. The normalized spacial score (nSPS) is 17.0. The molecule has 0 aliphatic carbocycles. The van der Waals surface area contributed by atoms with Crippen LogP contribution >= 0.6 is 0 Å². The van der Waals surface area contributed by atoms with Crippen LogP contribution in [0.15, 0.2) is 54.6 Å². The summed E-state index contributed by atoms with van der Waals surface area (Å²) in [6.45, 7) is 1.84. The molecule has 1 fully saturated rings. The van der Waals surface area contributed by atoms with Crippen molar-refractivity contribution in [1.29, 1.82) is 0 Å². The third-order valence-corrected chi connectivity index (χ3v) is 5.34. The number of hydrogen-bond donors (Lipinski definition) is 1. The van der Waals surface area contributed by atoms with Gasteiger partial charge in [0, 0.05) is 24.7 Å². The monoisotopic (exact) mass is 396 g/mol. The maximum atomic E-state index is 12.9. The quantitative estimate of drug-likeness (QED) is 0.778. The second kappa shape index (κ2) is 10.1. The summed E-state index contributed by atoms with van der Waals surface area (Å²) >= 11 is 0. The molecule has 1 aliphatic heterocycles. The van der Waals surface area contributed by atoms with Gasteiger partial charge in [-0.2, -0.15) is 0 Å². The van der Waals surface area contributed by atoms with E-state index in [0.29, 0.717) is 25.3 Å². The van der Waals surface area contributed by atoms with E-state index in [0.717, 1.165) is 30.6 Å². The van der Waals surface area contributed by atoms with E-state index < -0.39 is 5.97 Å². The number of amides is 1. The number of carbonyl (C=O) groups is 2. The maximum Gasteiger partial charge on any atom is 0.317 e. The molecule has 1 saturated heterocycles. The molecule has 1 aliphatic rings. The van der Waals surface area contributed by atoms with Crippen LogP contribution in [0.1, 0.15) is 35.2 Å². The molecule has 2 aromatic rings. The number of likely N-dealkylation sites (N-methyl/N-ethyl adjacent to an activating group) is 1. The summed E-state index contributed by atoms with van der Waals surface area (Å²) in [5, 5.41) is 8.98. The van der Waals surface area contributed by atoms with Crippen molar-refractivity contribution >= 4 is 11.9 Å². The number of carboxylic acids is 1. The van der Waals surface area contributed by atoms with Crippen LogP contribution in [-0.4, -0.2) is 59.5 Å². The van der Waals surface area contributed by atoms with E-state index in [1.807, 2.05) is 71.4 Å². The maximum absolute atomic E-state index is 12.9. The zero-order valence-corrected chi connectivity index (χ0v) is 16.8. The highest BCUT2D eigenvalue weighted by Gasteiger charge is 2.24. The van der Waals surface area contributed by atoms with E-state index in [2.05, 4.69) is 0 Å². The van der Waals surface area contributed by atoms with Crippen LogP contribution in [0.2, 0.25) is 0 Å². The lowest BCUT2D eigenvalue weighted by Crippen LogP contribution is -2.37. The predicted octanol–water partition coefficient (Wildman–Crippen LogP) is 3.28. The van der Waals surface area contributed by atoms with Crippen molar-refractivity contribution in [3.63, 3.8) is 0 Å². The number of aliphatic carboxylic acids is 1. The molecule has 1 N–H and O–H groups in total. The van der Waals surface area contributed by atoms with E-state index in [1.54, 1.807) is 0 Å². The van der Waals surface area contributed by atoms with Gasteiger partial charge in [0.2, 0.25) is 0 Å². The fraction of sp³-hybridized carbons (Fsp3) is 0.391. The van der Waals surface area contributed by atoms with E-state index in [9.17, 15) is 9.59 Å². The SMILES string of the molecule is CN(CC(=O)O)[C@@H]1CCCN(C(=O)c2ccc(COc3ccccc3)cc2)CC1. The highest BCUT2D eigenvalue weighted by atomic mass is 16.5. The van der Waals surface area contributed by atoms with E-state index in [4.69, 9.17) is 9.84 Å². The number of nitrogens with zero attached hydrogens (tertiary/aromatic N) is 2. The lowest BCUT2D eigenvalue weighted by Gasteiger charge is -2.25. The first-order valence-electron chi connectivity index (χ1n) is 10.0. The molecule has 6 heteroatoms. The zero-order valence-electron chi connectivity index (χ0n) is 16.8. The van der Waals surface area contributed by atoms with Gasteiger partial charge >= 0.3 is 5.97 Å². The zero-order chi connectivity index (χ0) is 20.6. The van der Waals surface area contributed by atoms with Gasteiger partial charge in [0.25, 0.3) is 5.91 Å². The summed E-state index contributed by atoms with van der Waals surface area (Å²) in [6, 6.07) is 17.4. The number of ether oxygens (including phenoxy) is 1. The molecular formula is C23H28N2O4. The first-order chi connectivity index (χ1) is 14.0. The van der Waals surface area contributed by atoms with Crippen LogP contribution in [0, 0.1) is 0 Å². The van der Waals surface area contributed by atoms with Crippen LogP contribution < -0.4 is 4.74 Å². The molecule has 2 aromatic carbocycles. The summed E-state index contributed by atoms with van der Waals surface area (Å²) in [7, 11) is 1.84. The van der Waals surface area contributed by atoms with Crippen molar-refractivity contribution in [2.45, 2.75) is 31.9 Å². The third-order valence-electron chi connectivity index (χ3n) is 5.34. The van der Waals surface area contributed by atoms with E-state index in [1.165, 1.54) is 0 Å². The Kier molecular flexibility index (Phi) is 7.25. The molecule has 0 aromatic heterocycles. The molecule has 154 valence electrons. The first kappa shape index (κ1) is 20.9. The smallest absolute Gasteiger partial charge is 0.317 e. The van der Waals surface area contributed by atoms with Gasteiger partial charge in [-0.3, -0.25) is 14.5 Å². The number of carbonyl (C=O) groups excluding carboxylic acids is 1. The van der Waals surface area contributed by atoms with Gasteiger partial charge in [-0.05, 0) is 56.1 Å². The van der Waals surface area contributed by atoms with Crippen molar-refractivity contribution < 1.29 is 19.4 Å². The van der Waals surface area contributed by atoms with E-state index in [-0.39, 0.29) is 18.5 Å². The number of rotatable bonds is 7. The van der Waals surface area contributed by atoms with Crippen molar-refractivity contribution in [1.82, 2.24) is 9.80 Å². The minimum Gasteiger partial charge on any atom is -0.489 e. The van der Waals surface area contributed by atoms with Crippen LogP contribution in [-0.2, 0) is 11.4 Å². The van der Waals surface area contributed by atoms with Crippen molar-refractivity contribution in [3.8, 4) is 5.75 Å². The highest BCUT2D eigenvalue weighted by Crippen LogP contribution is 2.18. The van der Waals surface area contributed by atoms with Gasteiger partial charge in [0.1, 0.15) is 12.4 Å². The summed E-state index contributed by atoms with van der Waals surface area (Å²) < 4.78 is 5.75. The number of carboxylic acid groups (broad SMARTS) is 1. The Balaban J connectivity index is 1.54. The number of para-hydroxylation sites is 1. The topological polar surface area (TPSA) is 70.1 Å². The minimum atomic E-state index is -0.819. The lowest BCUT2D eigenvalue weighted by atomic mass is 10.1. The molecular weight excluding hydrogens is 368 g/mol. The predicted molar refractivity (Wildman–Crippen MR) is 111 cm³/mol. The standard InChI is InChI=1S/C23H28N2O4/c1-24(16-22(26)27)20-6-5-14-25(15-13-20)23(28)19-11-9-18(10-12-19)17-29-21-7-3-2-4-8-21/h2-4,7-12,20H,5-6,13-17H2,1H3,(H,26,27)/t20-/m1/s1. The molecule has 0 bridgehead atoms.